The molecule has 1 aromatic heterocycles. The smallest absolute Gasteiger partial charge is 0.329 e. The number of ether oxygens (including phenoxy) is 3. The molecule has 3 aromatic rings. The van der Waals surface area contributed by atoms with Gasteiger partial charge in [-0.05, 0) is 150 Å². The minimum absolute atomic E-state index is 0.177. The zero-order valence-corrected chi connectivity index (χ0v) is 31.6. The van der Waals surface area contributed by atoms with Gasteiger partial charge in [-0.2, -0.15) is 0 Å². The molecule has 0 amide bonds. The van der Waals surface area contributed by atoms with Crippen molar-refractivity contribution >= 4 is 23.3 Å². The van der Waals surface area contributed by atoms with E-state index in [1.54, 1.807) is 0 Å². The fraction of sp³-hybridized carbons (Fsp3) is 0.571. The molecule has 274 valence electrons. The third-order valence-corrected chi connectivity index (χ3v) is 13.0. The molecule has 3 aliphatic carbocycles. The molecule has 0 saturated heterocycles. The summed E-state index contributed by atoms with van der Waals surface area (Å²) in [5.41, 5.74) is 4.57. The minimum Gasteiger partial charge on any atom is -0.493 e. The Labute approximate surface area is 308 Å². The van der Waals surface area contributed by atoms with Crippen LogP contribution in [0.25, 0.3) is 0 Å². The summed E-state index contributed by atoms with van der Waals surface area (Å²) in [5, 5.41) is 14.7. The second-order valence-electron chi connectivity index (χ2n) is 16.2. The van der Waals surface area contributed by atoms with Gasteiger partial charge >= 0.3 is 5.97 Å². The maximum Gasteiger partial charge on any atom is 0.329 e. The lowest BCUT2D eigenvalue weighted by molar-refractivity contribution is -0.144. The topological polar surface area (TPSA) is 93.2 Å². The van der Waals surface area contributed by atoms with Crippen molar-refractivity contribution in [1.29, 1.82) is 0 Å². The van der Waals surface area contributed by atoms with Crippen LogP contribution in [0.1, 0.15) is 94.0 Å². The van der Waals surface area contributed by atoms with Crippen LogP contribution in [0.5, 0.6) is 17.2 Å². The van der Waals surface area contributed by atoms with E-state index in [-0.39, 0.29) is 11.3 Å². The summed E-state index contributed by atoms with van der Waals surface area (Å²) in [6, 6.07) is 14.2. The predicted octanol–water partition coefficient (Wildman–Crippen LogP) is 8.54. The van der Waals surface area contributed by atoms with E-state index in [0.717, 1.165) is 55.0 Å². The van der Waals surface area contributed by atoms with Gasteiger partial charge in [-0.1, -0.05) is 31.5 Å². The van der Waals surface area contributed by atoms with E-state index in [4.69, 9.17) is 25.8 Å². The van der Waals surface area contributed by atoms with Crippen LogP contribution in [0.15, 0.2) is 48.7 Å². The number of nitrogens with one attached hydrogen (secondary N) is 1. The monoisotopic (exact) mass is 715 g/mol. The second-order valence-corrected chi connectivity index (χ2v) is 16.7. The maximum atomic E-state index is 13.0. The molecule has 2 heterocycles. The van der Waals surface area contributed by atoms with Gasteiger partial charge in [-0.25, -0.2) is 4.79 Å². The average molecular weight is 716 g/mol. The highest BCUT2D eigenvalue weighted by atomic mass is 35.5. The second kappa shape index (κ2) is 14.5. The molecule has 51 heavy (non-hydrogen) atoms. The van der Waals surface area contributed by atoms with Crippen LogP contribution in [0.3, 0.4) is 0 Å². The number of carbonyl (C=O) groups is 1. The molecule has 0 radical (unpaired) electrons. The highest BCUT2D eigenvalue weighted by molar-refractivity contribution is 6.30. The van der Waals surface area contributed by atoms with Crippen molar-refractivity contribution in [3.63, 3.8) is 0 Å². The van der Waals surface area contributed by atoms with Crippen LogP contribution in [0.2, 0.25) is 5.02 Å². The number of pyridine rings is 1. The van der Waals surface area contributed by atoms with E-state index in [1.165, 1.54) is 35.2 Å². The number of benzene rings is 2. The van der Waals surface area contributed by atoms with Crippen molar-refractivity contribution in [3.8, 4) is 17.2 Å². The number of aliphatic carboxylic acids is 1. The Morgan fingerprint density at radius 2 is 1.84 bits per heavy atom. The van der Waals surface area contributed by atoms with Crippen molar-refractivity contribution in [2.24, 2.45) is 17.8 Å². The molecule has 5 atom stereocenters. The summed E-state index contributed by atoms with van der Waals surface area (Å²) in [4.78, 5) is 19.9. The first kappa shape index (κ1) is 35.9. The number of carboxylic acids is 1. The number of halogens is 1. The van der Waals surface area contributed by atoms with Gasteiger partial charge in [-0.15, -0.1) is 0 Å². The molecule has 0 bridgehead atoms. The molecule has 7 rings (SSSR count). The van der Waals surface area contributed by atoms with Crippen molar-refractivity contribution in [2.75, 3.05) is 39.2 Å². The van der Waals surface area contributed by atoms with Gasteiger partial charge in [0, 0.05) is 40.1 Å². The first-order chi connectivity index (χ1) is 24.5. The lowest BCUT2D eigenvalue weighted by Crippen LogP contribution is -2.53. The summed E-state index contributed by atoms with van der Waals surface area (Å²) >= 11 is 6.30. The summed E-state index contributed by atoms with van der Waals surface area (Å²) in [6.07, 6.45) is 9.70. The van der Waals surface area contributed by atoms with Crippen LogP contribution < -0.4 is 19.5 Å². The molecule has 1 unspecified atom stereocenters. The lowest BCUT2D eigenvalue weighted by atomic mass is 9.59. The Morgan fingerprint density at radius 1 is 1.10 bits per heavy atom. The zero-order chi connectivity index (χ0) is 35.9. The van der Waals surface area contributed by atoms with Gasteiger partial charge in [-0.3, -0.25) is 4.98 Å². The standard InChI is InChI=1S/C42H54ClN3O5/c1-26(23-49-36-12-17-44-35-11-6-8-27(2)39(35)36)18-31-19-29-20-37-38(51-25-30(24-50-37)28(3)46(4)5)22-34(29)41(31)13-15-42(16-14-41,40(47)48)45-33-10-7-9-32(43)21-33/h7,9-10,12,17,20-22,26-28,30-31,45H,6,8,11,13-16,18-19,23-25H2,1-5H3,(H,47,48)/t26-,27-,28-,30?,31+,41?,42?/m1/s1. The predicted molar refractivity (Wildman–Crippen MR) is 202 cm³/mol. The third-order valence-electron chi connectivity index (χ3n) is 12.8. The van der Waals surface area contributed by atoms with Crippen molar-refractivity contribution in [3.05, 3.63) is 76.1 Å². The number of carboxylic acid groups (broad SMARTS) is 1. The highest BCUT2D eigenvalue weighted by Crippen LogP contribution is 2.58. The fourth-order valence-electron chi connectivity index (χ4n) is 9.48. The first-order valence-corrected chi connectivity index (χ1v) is 19.3. The number of rotatable bonds is 10. The van der Waals surface area contributed by atoms with Gasteiger partial charge in [0.25, 0.3) is 0 Å². The molecule has 4 aliphatic rings. The van der Waals surface area contributed by atoms with Gasteiger partial charge in [0.15, 0.2) is 11.5 Å². The van der Waals surface area contributed by atoms with Gasteiger partial charge in [0.05, 0.1) is 19.8 Å². The largest absolute Gasteiger partial charge is 0.493 e. The van der Waals surface area contributed by atoms with E-state index in [1.807, 2.05) is 36.5 Å². The van der Waals surface area contributed by atoms with E-state index >= 15 is 0 Å². The van der Waals surface area contributed by atoms with Gasteiger partial charge < -0.3 is 29.5 Å². The average Bonchev–Trinajstić information content (AvgIpc) is 3.23. The summed E-state index contributed by atoms with van der Waals surface area (Å²) < 4.78 is 19.6. The van der Waals surface area contributed by atoms with Crippen LogP contribution in [-0.4, -0.2) is 66.5 Å². The van der Waals surface area contributed by atoms with Crippen LogP contribution in [0.4, 0.5) is 5.69 Å². The normalized spacial score (nSPS) is 28.0. The number of aromatic nitrogens is 1. The molecule has 1 saturated carbocycles. The fourth-order valence-corrected chi connectivity index (χ4v) is 9.67. The Morgan fingerprint density at radius 3 is 2.55 bits per heavy atom. The molecule has 2 aromatic carbocycles. The number of hydrogen-bond donors (Lipinski definition) is 2. The highest BCUT2D eigenvalue weighted by Gasteiger charge is 2.54. The summed E-state index contributed by atoms with van der Waals surface area (Å²) in [5.74, 6) is 3.15. The first-order valence-electron chi connectivity index (χ1n) is 18.9. The number of nitrogens with zero attached hydrogens (tertiary/aromatic N) is 2. The number of aryl methyl sites for hydroxylation is 1. The van der Waals surface area contributed by atoms with Crippen LogP contribution >= 0.6 is 11.6 Å². The molecule has 8 nitrogen and oxygen atoms in total. The molecule has 2 N–H and O–H groups in total. The summed E-state index contributed by atoms with van der Waals surface area (Å²) in [7, 11) is 4.19. The van der Waals surface area contributed by atoms with Crippen molar-refractivity contribution in [2.45, 2.75) is 101 Å². The molecule has 1 fully saturated rings. The van der Waals surface area contributed by atoms with Gasteiger partial charge in [0.2, 0.25) is 0 Å². The Kier molecular flexibility index (Phi) is 10.2. The van der Waals surface area contributed by atoms with Crippen molar-refractivity contribution < 1.29 is 24.1 Å². The van der Waals surface area contributed by atoms with Crippen LogP contribution in [-0.2, 0) is 23.1 Å². The maximum absolute atomic E-state index is 13.0. The van der Waals surface area contributed by atoms with E-state index < -0.39 is 11.5 Å². The molecular weight excluding hydrogens is 662 g/mol. The van der Waals surface area contributed by atoms with Crippen molar-refractivity contribution in [1.82, 2.24) is 9.88 Å². The number of anilines is 1. The Bertz CT molecular complexity index is 1740. The summed E-state index contributed by atoms with van der Waals surface area (Å²) in [6.45, 7) is 8.65. The Balaban J connectivity index is 1.15. The zero-order valence-electron chi connectivity index (χ0n) is 30.8. The van der Waals surface area contributed by atoms with Gasteiger partial charge in [0.1, 0.15) is 11.3 Å². The van der Waals surface area contributed by atoms with E-state index in [9.17, 15) is 9.90 Å². The molecule has 1 spiro atoms. The number of fused-ring (bicyclic) bond motifs is 4. The minimum atomic E-state index is -1.07. The molecular formula is C42H54ClN3O5. The third kappa shape index (κ3) is 7.03. The Hall–Kier alpha value is -3.49. The van der Waals surface area contributed by atoms with E-state index in [0.29, 0.717) is 61.5 Å². The SMILES string of the molecule is C[C@@H](COc1ccnc2c1[C@H](C)CCC2)C[C@H]1Cc2cc3c(cc2C12CCC(Nc1cccc(Cl)c1)(C(=O)O)CC2)OCC([C@@H](C)N(C)C)CO3. The lowest BCUT2D eigenvalue weighted by Gasteiger charge is -2.47. The molecule has 1 aliphatic heterocycles. The van der Waals surface area contributed by atoms with E-state index in [2.05, 4.69) is 62.2 Å². The number of hydrogen-bond acceptors (Lipinski definition) is 7. The quantitative estimate of drug-likeness (QED) is 0.216. The van der Waals surface area contributed by atoms with Crippen LogP contribution in [0, 0.1) is 17.8 Å². The molecule has 9 heteroatoms.